The zero-order valence-corrected chi connectivity index (χ0v) is 8.92. The third-order valence-electron chi connectivity index (χ3n) is 1.75. The van der Waals surface area contributed by atoms with Crippen molar-refractivity contribution in [2.75, 3.05) is 20.2 Å². The predicted octanol–water partition coefficient (Wildman–Crippen LogP) is -0.336. The van der Waals surface area contributed by atoms with Crippen molar-refractivity contribution in [1.29, 1.82) is 0 Å². The maximum atomic E-state index is 11.2. The quantitative estimate of drug-likeness (QED) is 0.578. The molecule has 0 aromatic carbocycles. The van der Waals surface area contributed by atoms with Gasteiger partial charge >= 0.3 is 5.97 Å². The zero-order valence-electron chi connectivity index (χ0n) is 8.92. The van der Waals surface area contributed by atoms with Crippen molar-refractivity contribution in [1.82, 2.24) is 10.6 Å². The number of esters is 1. The summed E-state index contributed by atoms with van der Waals surface area (Å²) in [6.07, 6.45) is 0.278. The summed E-state index contributed by atoms with van der Waals surface area (Å²) in [6.45, 7) is 4.67. The fourth-order valence-corrected chi connectivity index (χ4v) is 0.913. The first-order chi connectivity index (χ1) is 6.61. The summed E-state index contributed by atoms with van der Waals surface area (Å²) >= 11 is 0. The molecule has 0 saturated heterocycles. The largest absolute Gasteiger partial charge is 0.469 e. The summed E-state index contributed by atoms with van der Waals surface area (Å²) in [4.78, 5) is 21.9. The number of rotatable bonds is 6. The van der Waals surface area contributed by atoms with Gasteiger partial charge in [0.25, 0.3) is 0 Å². The molecule has 0 rings (SSSR count). The Balaban J connectivity index is 3.58. The summed E-state index contributed by atoms with van der Waals surface area (Å²) in [5.41, 5.74) is 0. The lowest BCUT2D eigenvalue weighted by molar-refractivity contribution is -0.140. The van der Waals surface area contributed by atoms with Crippen LogP contribution in [0.5, 0.6) is 0 Å². The Morgan fingerprint density at radius 2 is 2.07 bits per heavy atom. The molecule has 0 fully saturated rings. The van der Waals surface area contributed by atoms with Crippen LogP contribution in [0, 0.1) is 0 Å². The van der Waals surface area contributed by atoms with Gasteiger partial charge in [0.15, 0.2) is 0 Å². The molecule has 1 unspecified atom stereocenters. The van der Waals surface area contributed by atoms with Crippen molar-refractivity contribution in [3.63, 3.8) is 0 Å². The predicted molar refractivity (Wildman–Crippen MR) is 52.8 cm³/mol. The highest BCUT2D eigenvalue weighted by Crippen LogP contribution is 1.85. The van der Waals surface area contributed by atoms with Crippen LogP contribution < -0.4 is 10.6 Å². The van der Waals surface area contributed by atoms with Crippen molar-refractivity contribution in [2.24, 2.45) is 0 Å². The molecule has 2 N–H and O–H groups in total. The minimum atomic E-state index is -0.278. The Bertz CT molecular complexity index is 194. The van der Waals surface area contributed by atoms with Crippen LogP contribution in [0.3, 0.4) is 0 Å². The van der Waals surface area contributed by atoms with Crippen molar-refractivity contribution < 1.29 is 14.3 Å². The van der Waals surface area contributed by atoms with E-state index in [1.165, 1.54) is 7.11 Å². The van der Waals surface area contributed by atoms with Gasteiger partial charge in [0, 0.05) is 13.1 Å². The van der Waals surface area contributed by atoms with Crippen molar-refractivity contribution in [3.05, 3.63) is 0 Å². The molecule has 0 aliphatic rings. The lowest BCUT2D eigenvalue weighted by atomic mass is 10.3. The monoisotopic (exact) mass is 202 g/mol. The van der Waals surface area contributed by atoms with Crippen LogP contribution in [0.4, 0.5) is 0 Å². The van der Waals surface area contributed by atoms with E-state index in [1.54, 1.807) is 6.92 Å². The fourth-order valence-electron chi connectivity index (χ4n) is 0.913. The van der Waals surface area contributed by atoms with Crippen LogP contribution in [0.25, 0.3) is 0 Å². The molecule has 0 aromatic rings. The van der Waals surface area contributed by atoms with Crippen LogP contribution in [0.15, 0.2) is 0 Å². The van der Waals surface area contributed by atoms with Gasteiger partial charge < -0.3 is 15.4 Å². The second-order valence-corrected chi connectivity index (χ2v) is 2.90. The van der Waals surface area contributed by atoms with Gasteiger partial charge in [-0.15, -0.1) is 0 Å². The molecule has 0 radical (unpaired) electrons. The number of ether oxygens (including phenoxy) is 1. The summed E-state index contributed by atoms with van der Waals surface area (Å²) in [5, 5.41) is 5.60. The van der Waals surface area contributed by atoms with E-state index in [2.05, 4.69) is 15.4 Å². The Morgan fingerprint density at radius 1 is 1.43 bits per heavy atom. The maximum Gasteiger partial charge on any atom is 0.306 e. The summed E-state index contributed by atoms with van der Waals surface area (Å²) in [5.74, 6) is -0.335. The summed E-state index contributed by atoms with van der Waals surface area (Å²) in [6, 6.07) is -0.278. The molecule has 1 amide bonds. The van der Waals surface area contributed by atoms with E-state index in [0.29, 0.717) is 13.1 Å². The summed E-state index contributed by atoms with van der Waals surface area (Å²) < 4.78 is 4.46. The molecule has 0 aromatic heterocycles. The number of nitrogens with one attached hydrogen (secondary N) is 2. The van der Waals surface area contributed by atoms with Crippen LogP contribution in [-0.4, -0.2) is 38.1 Å². The topological polar surface area (TPSA) is 67.4 Å². The van der Waals surface area contributed by atoms with Crippen LogP contribution in [0.2, 0.25) is 0 Å². The summed E-state index contributed by atoms with van der Waals surface area (Å²) in [7, 11) is 1.34. The molecule has 0 bridgehead atoms. The average molecular weight is 202 g/mol. The Kier molecular flexibility index (Phi) is 6.74. The molecule has 1 atom stereocenters. The number of amides is 1. The molecule has 5 heteroatoms. The first kappa shape index (κ1) is 12.9. The first-order valence-electron chi connectivity index (χ1n) is 4.69. The fraction of sp³-hybridized carbons (Fsp3) is 0.778. The van der Waals surface area contributed by atoms with E-state index < -0.39 is 0 Å². The molecule has 0 saturated carbocycles. The normalized spacial score (nSPS) is 11.9. The van der Waals surface area contributed by atoms with Crippen molar-refractivity contribution in [2.45, 2.75) is 26.3 Å². The lowest BCUT2D eigenvalue weighted by Crippen LogP contribution is -2.42. The Hall–Kier alpha value is -1.10. The minimum absolute atomic E-state index is 0.0580. The Labute approximate surface area is 84.2 Å². The first-order valence-corrected chi connectivity index (χ1v) is 4.69. The maximum absolute atomic E-state index is 11.2. The number of hydrogen-bond donors (Lipinski definition) is 2. The molecule has 0 aliphatic carbocycles. The molecule has 0 spiro atoms. The van der Waals surface area contributed by atoms with Crippen molar-refractivity contribution in [3.8, 4) is 0 Å². The van der Waals surface area contributed by atoms with Crippen LogP contribution >= 0.6 is 0 Å². The van der Waals surface area contributed by atoms with E-state index in [9.17, 15) is 9.59 Å². The standard InChI is InChI=1S/C9H18N2O3/c1-4-10-9(13)7(2)11-6-5-8(12)14-3/h7,11H,4-6H2,1-3H3,(H,10,13). The van der Waals surface area contributed by atoms with Crippen LogP contribution in [0.1, 0.15) is 20.3 Å². The van der Waals surface area contributed by atoms with E-state index in [-0.39, 0.29) is 24.3 Å². The highest BCUT2D eigenvalue weighted by molar-refractivity contribution is 5.81. The van der Waals surface area contributed by atoms with Gasteiger partial charge in [-0.1, -0.05) is 0 Å². The van der Waals surface area contributed by atoms with Crippen molar-refractivity contribution >= 4 is 11.9 Å². The van der Waals surface area contributed by atoms with Gasteiger partial charge in [0.05, 0.1) is 19.6 Å². The highest BCUT2D eigenvalue weighted by atomic mass is 16.5. The molecular weight excluding hydrogens is 184 g/mol. The van der Waals surface area contributed by atoms with Gasteiger partial charge in [-0.25, -0.2) is 0 Å². The molecule has 0 aliphatic heterocycles. The number of hydrogen-bond acceptors (Lipinski definition) is 4. The van der Waals surface area contributed by atoms with Gasteiger partial charge in [0.2, 0.25) is 5.91 Å². The van der Waals surface area contributed by atoms with Gasteiger partial charge in [-0.05, 0) is 13.8 Å². The van der Waals surface area contributed by atoms with E-state index >= 15 is 0 Å². The zero-order chi connectivity index (χ0) is 11.0. The number of methoxy groups -OCH3 is 1. The Morgan fingerprint density at radius 3 is 2.57 bits per heavy atom. The van der Waals surface area contributed by atoms with E-state index in [1.807, 2.05) is 6.92 Å². The number of carbonyl (C=O) groups is 2. The number of likely N-dealkylation sites (N-methyl/N-ethyl adjacent to an activating group) is 1. The third kappa shape index (κ3) is 5.53. The van der Waals surface area contributed by atoms with E-state index in [4.69, 9.17) is 0 Å². The second kappa shape index (κ2) is 7.32. The molecule has 82 valence electrons. The molecule has 14 heavy (non-hydrogen) atoms. The van der Waals surface area contributed by atoms with Gasteiger partial charge in [-0.3, -0.25) is 9.59 Å². The highest BCUT2D eigenvalue weighted by Gasteiger charge is 2.10. The lowest BCUT2D eigenvalue weighted by Gasteiger charge is -2.12. The third-order valence-corrected chi connectivity index (χ3v) is 1.75. The minimum Gasteiger partial charge on any atom is -0.469 e. The molecule has 5 nitrogen and oxygen atoms in total. The van der Waals surface area contributed by atoms with Gasteiger partial charge in [0.1, 0.15) is 0 Å². The SMILES string of the molecule is CCNC(=O)C(C)NCCC(=O)OC. The number of carbonyl (C=O) groups excluding carboxylic acids is 2. The second-order valence-electron chi connectivity index (χ2n) is 2.90. The van der Waals surface area contributed by atoms with Crippen LogP contribution in [-0.2, 0) is 14.3 Å². The molecular formula is C9H18N2O3. The average Bonchev–Trinajstić information content (AvgIpc) is 2.17. The smallest absolute Gasteiger partial charge is 0.306 e. The van der Waals surface area contributed by atoms with Gasteiger partial charge in [-0.2, -0.15) is 0 Å². The molecule has 0 heterocycles. The van der Waals surface area contributed by atoms with E-state index in [0.717, 1.165) is 0 Å².